The van der Waals surface area contributed by atoms with Crippen LogP contribution in [0.15, 0.2) is 77.7 Å². The van der Waals surface area contributed by atoms with E-state index in [0.717, 1.165) is 5.56 Å². The van der Waals surface area contributed by atoms with Crippen LogP contribution in [-0.2, 0) is 11.2 Å². The van der Waals surface area contributed by atoms with Crippen molar-refractivity contribution in [2.24, 2.45) is 5.41 Å². The number of rotatable bonds is 7. The van der Waals surface area contributed by atoms with E-state index in [4.69, 9.17) is 4.74 Å². The number of aromatic nitrogens is 2. The zero-order chi connectivity index (χ0) is 27.4. The summed E-state index contributed by atoms with van der Waals surface area (Å²) in [7, 11) is 1.28. The third kappa shape index (κ3) is 5.35. The van der Waals surface area contributed by atoms with Crippen LogP contribution < -0.4 is 10.7 Å². The van der Waals surface area contributed by atoms with Crippen LogP contribution in [0.5, 0.6) is 0 Å². The Balaban J connectivity index is 1.78. The van der Waals surface area contributed by atoms with E-state index in [0.29, 0.717) is 22.3 Å². The minimum Gasteiger partial charge on any atom is -0.464 e. The van der Waals surface area contributed by atoms with Crippen molar-refractivity contribution in [3.8, 4) is 5.69 Å². The Labute approximate surface area is 220 Å². The Morgan fingerprint density at radius 2 is 1.71 bits per heavy atom. The van der Waals surface area contributed by atoms with Crippen molar-refractivity contribution < 1.29 is 19.4 Å². The zero-order valence-electron chi connectivity index (χ0n) is 21.9. The molecule has 2 aromatic carbocycles. The van der Waals surface area contributed by atoms with Gasteiger partial charge in [0.15, 0.2) is 5.43 Å². The second-order valence-electron chi connectivity index (χ2n) is 10.1. The number of hydrogen-bond acceptors (Lipinski definition) is 6. The number of fused-ring (bicyclic) bond motifs is 1. The summed E-state index contributed by atoms with van der Waals surface area (Å²) in [4.78, 5) is 43.9. The fourth-order valence-electron chi connectivity index (χ4n) is 4.32. The average Bonchev–Trinajstić information content (AvgIpc) is 2.92. The van der Waals surface area contributed by atoms with Gasteiger partial charge in [0.1, 0.15) is 11.3 Å². The molecule has 2 heterocycles. The van der Waals surface area contributed by atoms with Gasteiger partial charge in [-0.15, -0.1) is 0 Å². The molecule has 0 aliphatic rings. The molecule has 0 unspecified atom stereocenters. The summed E-state index contributed by atoms with van der Waals surface area (Å²) < 4.78 is 6.76. The summed E-state index contributed by atoms with van der Waals surface area (Å²) in [5.41, 5.74) is 1.95. The van der Waals surface area contributed by atoms with Crippen LogP contribution in [0.3, 0.4) is 0 Å². The highest BCUT2D eigenvalue weighted by molar-refractivity contribution is 5.95. The van der Waals surface area contributed by atoms with Crippen molar-refractivity contribution in [3.63, 3.8) is 0 Å². The first-order valence-electron chi connectivity index (χ1n) is 12.3. The first-order valence-corrected chi connectivity index (χ1v) is 12.3. The number of carbonyl (C=O) groups excluding carboxylic acids is 2. The molecule has 0 fully saturated rings. The van der Waals surface area contributed by atoms with Gasteiger partial charge in [-0.25, -0.2) is 9.78 Å². The highest BCUT2D eigenvalue weighted by Crippen LogP contribution is 2.24. The van der Waals surface area contributed by atoms with Crippen LogP contribution in [0, 0.1) is 5.41 Å². The number of pyridine rings is 2. The molecule has 0 spiro atoms. The fourth-order valence-corrected chi connectivity index (χ4v) is 4.32. The number of aliphatic hydroxyl groups excluding tert-OH is 1. The Bertz CT molecular complexity index is 1520. The summed E-state index contributed by atoms with van der Waals surface area (Å²) in [5, 5.41) is 12.9. The molecule has 2 aromatic heterocycles. The molecule has 1 amide bonds. The third-order valence-corrected chi connectivity index (χ3v) is 6.55. The largest absolute Gasteiger partial charge is 0.464 e. The van der Waals surface area contributed by atoms with Crippen molar-refractivity contribution in [1.82, 2.24) is 14.9 Å². The van der Waals surface area contributed by atoms with Gasteiger partial charge in [0.25, 0.3) is 5.91 Å². The quantitative estimate of drug-likeness (QED) is 0.363. The summed E-state index contributed by atoms with van der Waals surface area (Å²) in [6, 6.07) is 19.0. The fraction of sp³-hybridized carbons (Fsp3) is 0.267. The maximum atomic E-state index is 13.6. The van der Waals surface area contributed by atoms with Crippen LogP contribution in [0.4, 0.5) is 0 Å². The second kappa shape index (κ2) is 11.0. The van der Waals surface area contributed by atoms with Crippen molar-refractivity contribution >= 4 is 22.9 Å². The van der Waals surface area contributed by atoms with Gasteiger partial charge in [0, 0.05) is 29.4 Å². The minimum atomic E-state index is -0.651. The molecule has 0 aliphatic carbocycles. The predicted molar refractivity (Wildman–Crippen MR) is 146 cm³/mol. The summed E-state index contributed by atoms with van der Waals surface area (Å²) in [6.07, 6.45) is 1.72. The number of ether oxygens (including phenoxy) is 1. The average molecular weight is 514 g/mol. The molecule has 0 saturated carbocycles. The van der Waals surface area contributed by atoms with E-state index >= 15 is 0 Å². The summed E-state index contributed by atoms with van der Waals surface area (Å²) in [5.74, 6) is -0.953. The van der Waals surface area contributed by atoms with Gasteiger partial charge in [-0.3, -0.25) is 14.2 Å². The molecule has 4 rings (SSSR count). The molecule has 196 valence electrons. The van der Waals surface area contributed by atoms with Crippen LogP contribution in [0.1, 0.15) is 52.7 Å². The lowest BCUT2D eigenvalue weighted by molar-refractivity contribution is 0.0589. The molecule has 8 nitrogen and oxygen atoms in total. The molecule has 0 radical (unpaired) electrons. The number of benzene rings is 2. The standard InChI is InChI=1S/C30H31N3O5/c1-30(2,3)24(18-34)32-28(36)20-14-12-19(13-15-20)17-23-25(29(37)38-4)33(21-9-6-5-7-10-21)27-22(26(23)35)11-8-16-31-27/h5-16,24,34H,17-18H2,1-4H3,(H,32,36)/t24-/m1/s1. The summed E-state index contributed by atoms with van der Waals surface area (Å²) >= 11 is 0. The van der Waals surface area contributed by atoms with Crippen LogP contribution in [-0.4, -0.2) is 46.3 Å². The molecule has 2 N–H and O–H groups in total. The first-order chi connectivity index (χ1) is 18.2. The van der Waals surface area contributed by atoms with Gasteiger partial charge < -0.3 is 15.2 Å². The van der Waals surface area contributed by atoms with Gasteiger partial charge in [-0.2, -0.15) is 0 Å². The van der Waals surface area contributed by atoms with E-state index in [-0.39, 0.29) is 41.0 Å². The number of aliphatic hydroxyl groups is 1. The Kier molecular flexibility index (Phi) is 7.73. The maximum Gasteiger partial charge on any atom is 0.355 e. The Morgan fingerprint density at radius 3 is 2.32 bits per heavy atom. The molecule has 0 aliphatic heterocycles. The molecular weight excluding hydrogens is 482 g/mol. The van der Waals surface area contributed by atoms with Crippen LogP contribution in [0.2, 0.25) is 0 Å². The van der Waals surface area contributed by atoms with Crippen molar-refractivity contribution in [3.05, 3.63) is 106 Å². The van der Waals surface area contributed by atoms with Crippen LogP contribution in [0.25, 0.3) is 16.7 Å². The smallest absolute Gasteiger partial charge is 0.355 e. The third-order valence-electron chi connectivity index (χ3n) is 6.55. The topological polar surface area (TPSA) is 111 Å². The van der Waals surface area contributed by atoms with Gasteiger partial charge in [-0.1, -0.05) is 51.1 Å². The SMILES string of the molecule is COC(=O)c1c(Cc2ccc(C(=O)N[C@H](CO)C(C)(C)C)cc2)c(=O)c2cccnc2n1-c1ccccc1. The number of carbonyl (C=O) groups is 2. The maximum absolute atomic E-state index is 13.6. The van der Waals surface area contributed by atoms with E-state index in [1.54, 1.807) is 47.2 Å². The lowest BCUT2D eigenvalue weighted by Gasteiger charge is -2.29. The number of amides is 1. The van der Waals surface area contributed by atoms with Crippen molar-refractivity contribution in [1.29, 1.82) is 0 Å². The summed E-state index contributed by atoms with van der Waals surface area (Å²) in [6.45, 7) is 5.65. The Hall–Kier alpha value is -4.30. The molecule has 8 heteroatoms. The van der Waals surface area contributed by atoms with Gasteiger partial charge in [-0.05, 0) is 47.4 Å². The number of methoxy groups -OCH3 is 1. The number of nitrogens with one attached hydrogen (secondary N) is 1. The monoisotopic (exact) mass is 513 g/mol. The van der Waals surface area contributed by atoms with Crippen molar-refractivity contribution in [2.75, 3.05) is 13.7 Å². The lowest BCUT2D eigenvalue weighted by atomic mass is 9.87. The van der Waals surface area contributed by atoms with E-state index in [1.165, 1.54) is 7.11 Å². The van der Waals surface area contributed by atoms with E-state index < -0.39 is 12.0 Å². The second-order valence-corrected chi connectivity index (χ2v) is 10.1. The first kappa shape index (κ1) is 26.8. The van der Waals surface area contributed by atoms with E-state index in [1.807, 2.05) is 51.1 Å². The van der Waals surface area contributed by atoms with Crippen LogP contribution >= 0.6 is 0 Å². The number of hydrogen-bond donors (Lipinski definition) is 2. The highest BCUT2D eigenvalue weighted by atomic mass is 16.5. The molecule has 0 bridgehead atoms. The lowest BCUT2D eigenvalue weighted by Crippen LogP contribution is -2.46. The van der Waals surface area contributed by atoms with Crippen molar-refractivity contribution in [2.45, 2.75) is 33.2 Å². The van der Waals surface area contributed by atoms with Gasteiger partial charge in [0.2, 0.25) is 0 Å². The number of nitrogens with zero attached hydrogens (tertiary/aromatic N) is 2. The predicted octanol–water partition coefficient (Wildman–Crippen LogP) is 3.90. The molecule has 1 atom stereocenters. The molecule has 4 aromatic rings. The minimum absolute atomic E-state index is 0.104. The Morgan fingerprint density at radius 1 is 1.03 bits per heavy atom. The molecule has 0 saturated heterocycles. The van der Waals surface area contributed by atoms with Gasteiger partial charge in [0.05, 0.1) is 25.1 Å². The zero-order valence-corrected chi connectivity index (χ0v) is 21.9. The number of para-hydroxylation sites is 1. The molecular formula is C30H31N3O5. The van der Waals surface area contributed by atoms with E-state index in [2.05, 4.69) is 10.3 Å². The normalized spacial score (nSPS) is 12.2. The number of esters is 1. The molecule has 38 heavy (non-hydrogen) atoms. The highest BCUT2D eigenvalue weighted by Gasteiger charge is 2.27. The van der Waals surface area contributed by atoms with E-state index in [9.17, 15) is 19.5 Å². The van der Waals surface area contributed by atoms with Gasteiger partial charge >= 0.3 is 5.97 Å².